The van der Waals surface area contributed by atoms with Gasteiger partial charge in [0.1, 0.15) is 11.5 Å². The maximum Gasteiger partial charge on any atom is 0.333 e. The number of methoxy groups -OCH3 is 2. The molecular weight excluding hydrogens is 308 g/mol. The zero-order valence-corrected chi connectivity index (χ0v) is 16.6. The fraction of sp³-hybridized carbons (Fsp3) is 0.500. The SMILES string of the molecule is COc1ccc(OC)c([SiH2]C(=C(C)C(=O)OC(C)C)C(C)C)c1. The number of hydrogen-bond donors (Lipinski definition) is 0. The molecule has 23 heavy (non-hydrogen) atoms. The maximum atomic E-state index is 12.3. The molecule has 4 nitrogen and oxygen atoms in total. The van der Waals surface area contributed by atoms with E-state index in [4.69, 9.17) is 14.2 Å². The topological polar surface area (TPSA) is 44.8 Å². The van der Waals surface area contributed by atoms with Crippen molar-refractivity contribution in [2.24, 2.45) is 5.92 Å². The first-order valence-electron chi connectivity index (χ1n) is 7.91. The Morgan fingerprint density at radius 2 is 1.74 bits per heavy atom. The molecule has 0 aliphatic rings. The van der Waals surface area contributed by atoms with E-state index >= 15 is 0 Å². The van der Waals surface area contributed by atoms with Crippen molar-refractivity contribution in [1.82, 2.24) is 0 Å². The number of carbonyl (C=O) groups is 1. The van der Waals surface area contributed by atoms with E-state index in [1.165, 1.54) is 5.20 Å². The molecule has 0 saturated carbocycles. The smallest absolute Gasteiger partial charge is 0.333 e. The van der Waals surface area contributed by atoms with Crippen LogP contribution in [-0.4, -0.2) is 35.8 Å². The lowest BCUT2D eigenvalue weighted by molar-refractivity contribution is -0.142. The first kappa shape index (κ1) is 19.3. The summed E-state index contributed by atoms with van der Waals surface area (Å²) in [6.07, 6.45) is -0.112. The minimum absolute atomic E-state index is 0.112. The third-order valence-electron chi connectivity index (χ3n) is 3.70. The summed E-state index contributed by atoms with van der Waals surface area (Å²) in [6.45, 7) is 9.81. The van der Waals surface area contributed by atoms with Crippen LogP contribution in [0.5, 0.6) is 11.5 Å². The van der Waals surface area contributed by atoms with Crippen molar-refractivity contribution in [2.45, 2.75) is 40.7 Å². The lowest BCUT2D eigenvalue weighted by Gasteiger charge is -2.18. The number of allylic oxidation sites excluding steroid dienone is 1. The molecule has 5 heteroatoms. The molecule has 0 heterocycles. The van der Waals surface area contributed by atoms with Gasteiger partial charge in [0.25, 0.3) is 0 Å². The van der Waals surface area contributed by atoms with Crippen LogP contribution >= 0.6 is 0 Å². The van der Waals surface area contributed by atoms with E-state index in [2.05, 4.69) is 13.8 Å². The summed E-state index contributed by atoms with van der Waals surface area (Å²) >= 11 is 0. The van der Waals surface area contributed by atoms with Gasteiger partial charge >= 0.3 is 5.97 Å². The predicted molar refractivity (Wildman–Crippen MR) is 96.5 cm³/mol. The highest BCUT2D eigenvalue weighted by Crippen LogP contribution is 2.20. The van der Waals surface area contributed by atoms with E-state index < -0.39 is 9.52 Å². The molecule has 1 rings (SSSR count). The Labute approximate surface area is 141 Å². The van der Waals surface area contributed by atoms with Crippen LogP contribution in [0.3, 0.4) is 0 Å². The van der Waals surface area contributed by atoms with Crippen molar-refractivity contribution in [2.75, 3.05) is 14.2 Å². The minimum atomic E-state index is -0.866. The van der Waals surface area contributed by atoms with Gasteiger partial charge in [-0.1, -0.05) is 19.0 Å². The van der Waals surface area contributed by atoms with Crippen LogP contribution < -0.4 is 14.7 Å². The number of ether oxygens (including phenoxy) is 3. The van der Waals surface area contributed by atoms with E-state index in [0.717, 1.165) is 22.3 Å². The van der Waals surface area contributed by atoms with E-state index in [9.17, 15) is 4.79 Å². The third-order valence-corrected chi connectivity index (χ3v) is 6.36. The van der Waals surface area contributed by atoms with Gasteiger partial charge in [-0.05, 0) is 50.1 Å². The van der Waals surface area contributed by atoms with Crippen molar-refractivity contribution in [3.05, 3.63) is 29.0 Å². The van der Waals surface area contributed by atoms with Gasteiger partial charge in [-0.25, -0.2) is 4.79 Å². The van der Waals surface area contributed by atoms with Crippen LogP contribution in [0.4, 0.5) is 0 Å². The molecule has 0 atom stereocenters. The average Bonchev–Trinajstić information content (AvgIpc) is 2.50. The molecule has 0 fully saturated rings. The molecule has 0 radical (unpaired) electrons. The van der Waals surface area contributed by atoms with E-state index in [1.54, 1.807) is 14.2 Å². The predicted octanol–water partition coefficient (Wildman–Crippen LogP) is 2.38. The molecule has 128 valence electrons. The molecular formula is C18H28O4Si. The molecule has 1 aromatic carbocycles. The van der Waals surface area contributed by atoms with Crippen LogP contribution in [0.25, 0.3) is 0 Å². The van der Waals surface area contributed by atoms with Crippen LogP contribution in [0.1, 0.15) is 34.6 Å². The summed E-state index contributed by atoms with van der Waals surface area (Å²) in [7, 11) is 2.45. The Morgan fingerprint density at radius 1 is 1.09 bits per heavy atom. The molecule has 0 amide bonds. The minimum Gasteiger partial charge on any atom is -0.497 e. The second-order valence-electron chi connectivity index (χ2n) is 6.11. The molecule has 0 bridgehead atoms. The lowest BCUT2D eigenvalue weighted by Crippen LogP contribution is -2.25. The van der Waals surface area contributed by atoms with E-state index in [0.29, 0.717) is 0 Å². The van der Waals surface area contributed by atoms with Gasteiger partial charge in [0.2, 0.25) is 0 Å². The fourth-order valence-corrected chi connectivity index (χ4v) is 4.40. The van der Waals surface area contributed by atoms with Gasteiger partial charge in [-0.15, -0.1) is 0 Å². The zero-order chi connectivity index (χ0) is 17.6. The van der Waals surface area contributed by atoms with Crippen LogP contribution in [-0.2, 0) is 9.53 Å². The normalized spacial score (nSPS) is 12.7. The second-order valence-corrected chi connectivity index (χ2v) is 7.99. The molecule has 0 unspecified atom stereocenters. The number of rotatable bonds is 7. The average molecular weight is 337 g/mol. The Bertz CT molecular complexity index is 576. The van der Waals surface area contributed by atoms with Gasteiger partial charge in [0.15, 0.2) is 0 Å². The second kappa shape index (κ2) is 8.77. The summed E-state index contributed by atoms with van der Waals surface area (Å²) in [6, 6.07) is 5.81. The fourth-order valence-electron chi connectivity index (χ4n) is 2.43. The summed E-state index contributed by atoms with van der Waals surface area (Å²) in [5.41, 5.74) is 0.727. The summed E-state index contributed by atoms with van der Waals surface area (Å²) in [5.74, 6) is 1.72. The molecule has 0 aliphatic carbocycles. The largest absolute Gasteiger partial charge is 0.497 e. The molecule has 1 aromatic rings. The van der Waals surface area contributed by atoms with Crippen molar-refractivity contribution in [1.29, 1.82) is 0 Å². The Kier molecular flexibility index (Phi) is 7.36. The lowest BCUT2D eigenvalue weighted by atomic mass is 10.1. The molecule has 0 spiro atoms. The van der Waals surface area contributed by atoms with Crippen molar-refractivity contribution >= 4 is 20.7 Å². The molecule has 0 N–H and O–H groups in total. The number of hydrogen-bond acceptors (Lipinski definition) is 4. The van der Waals surface area contributed by atoms with Gasteiger partial charge < -0.3 is 14.2 Å². The Morgan fingerprint density at radius 3 is 2.22 bits per heavy atom. The standard InChI is InChI=1S/C18H28O4Si/c1-11(2)17(13(5)18(19)22-12(3)4)23-16-10-14(20-6)8-9-15(16)21-7/h8-12H,23H2,1-7H3. The maximum absolute atomic E-state index is 12.3. The first-order valence-corrected chi connectivity index (χ1v) is 9.33. The quantitative estimate of drug-likeness (QED) is 0.436. The zero-order valence-electron chi connectivity index (χ0n) is 15.2. The van der Waals surface area contributed by atoms with Crippen LogP contribution in [0, 0.1) is 5.92 Å². The monoisotopic (exact) mass is 336 g/mol. The summed E-state index contributed by atoms with van der Waals surface area (Å²) in [4.78, 5) is 12.3. The van der Waals surface area contributed by atoms with E-state index in [-0.39, 0.29) is 18.0 Å². The molecule has 0 aliphatic heterocycles. The summed E-state index contributed by atoms with van der Waals surface area (Å²) in [5, 5.41) is 2.31. The van der Waals surface area contributed by atoms with Crippen molar-refractivity contribution < 1.29 is 19.0 Å². The summed E-state index contributed by atoms with van der Waals surface area (Å²) < 4.78 is 16.1. The number of esters is 1. The molecule has 0 saturated heterocycles. The highest BCUT2D eigenvalue weighted by atomic mass is 28.2. The van der Waals surface area contributed by atoms with Gasteiger partial charge in [0, 0.05) is 5.57 Å². The van der Waals surface area contributed by atoms with Gasteiger partial charge in [-0.3, -0.25) is 0 Å². The first-order chi connectivity index (χ1) is 10.8. The van der Waals surface area contributed by atoms with Gasteiger partial charge in [-0.2, -0.15) is 0 Å². The Balaban J connectivity index is 3.21. The highest BCUT2D eigenvalue weighted by Gasteiger charge is 2.18. The van der Waals surface area contributed by atoms with E-state index in [1.807, 2.05) is 39.0 Å². The number of benzene rings is 1. The molecule has 0 aromatic heterocycles. The number of carbonyl (C=O) groups excluding carboxylic acids is 1. The Hall–Kier alpha value is -1.75. The van der Waals surface area contributed by atoms with Crippen molar-refractivity contribution in [3.63, 3.8) is 0 Å². The third kappa shape index (κ3) is 5.43. The van der Waals surface area contributed by atoms with Crippen LogP contribution in [0.15, 0.2) is 29.0 Å². The highest BCUT2D eigenvalue weighted by molar-refractivity contribution is 6.62. The van der Waals surface area contributed by atoms with Crippen molar-refractivity contribution in [3.8, 4) is 11.5 Å². The van der Waals surface area contributed by atoms with Crippen LogP contribution in [0.2, 0.25) is 0 Å². The van der Waals surface area contributed by atoms with Gasteiger partial charge in [0.05, 0.1) is 29.8 Å².